The molecule has 1 aliphatic rings. The first-order valence-corrected chi connectivity index (χ1v) is 8.01. The number of rotatable bonds is 4. The number of thioether (sulfide) groups is 2. The van der Waals surface area contributed by atoms with Crippen molar-refractivity contribution < 1.29 is 19.1 Å². The van der Waals surface area contributed by atoms with Gasteiger partial charge in [-0.3, -0.25) is 0 Å². The Bertz CT molecular complexity index is 309. The second-order valence-corrected chi connectivity index (χ2v) is 5.98. The fourth-order valence-electron chi connectivity index (χ4n) is 1.38. The smallest absolute Gasteiger partial charge is 0.347 e. The minimum Gasteiger partial charge on any atom is -0.462 e. The largest absolute Gasteiger partial charge is 0.462 e. The molecule has 102 valence electrons. The summed E-state index contributed by atoms with van der Waals surface area (Å²) in [5.41, 5.74) is 0.0654. The van der Waals surface area contributed by atoms with Crippen molar-refractivity contribution in [3.63, 3.8) is 0 Å². The van der Waals surface area contributed by atoms with Gasteiger partial charge in [0.2, 0.25) is 0 Å². The lowest BCUT2D eigenvalue weighted by Gasteiger charge is -2.10. The van der Waals surface area contributed by atoms with Crippen molar-refractivity contribution >= 4 is 35.5 Å². The van der Waals surface area contributed by atoms with Gasteiger partial charge in [-0.25, -0.2) is 9.59 Å². The average Bonchev–Trinajstić information content (AvgIpc) is 2.59. The van der Waals surface area contributed by atoms with E-state index in [2.05, 4.69) is 0 Å². The molecular weight excluding hydrogens is 272 g/mol. The molecule has 0 bridgehead atoms. The van der Waals surface area contributed by atoms with Gasteiger partial charge in [0.25, 0.3) is 0 Å². The van der Waals surface area contributed by atoms with Gasteiger partial charge in [-0.2, -0.15) is 0 Å². The molecule has 0 saturated carbocycles. The summed E-state index contributed by atoms with van der Waals surface area (Å²) in [6, 6.07) is 0. The van der Waals surface area contributed by atoms with Gasteiger partial charge in [-0.05, 0) is 38.2 Å². The Morgan fingerprint density at radius 1 is 1.00 bits per heavy atom. The molecule has 0 radical (unpaired) electrons. The second kappa shape index (κ2) is 8.48. The number of hydrogen-bond donors (Lipinski definition) is 0. The predicted octanol–water partition coefficient (Wildman–Crippen LogP) is 2.58. The van der Waals surface area contributed by atoms with E-state index in [4.69, 9.17) is 9.47 Å². The molecule has 0 unspecified atom stereocenters. The van der Waals surface area contributed by atoms with Gasteiger partial charge in [0, 0.05) is 0 Å². The van der Waals surface area contributed by atoms with Gasteiger partial charge in [-0.15, -0.1) is 23.5 Å². The Morgan fingerprint density at radius 3 is 1.83 bits per heavy atom. The highest BCUT2D eigenvalue weighted by Crippen LogP contribution is 2.36. The third-order valence-corrected chi connectivity index (χ3v) is 4.79. The van der Waals surface area contributed by atoms with Crippen LogP contribution in [0, 0.1) is 0 Å². The van der Waals surface area contributed by atoms with Crippen molar-refractivity contribution in [2.75, 3.05) is 24.7 Å². The monoisotopic (exact) mass is 290 g/mol. The Morgan fingerprint density at radius 2 is 1.44 bits per heavy atom. The van der Waals surface area contributed by atoms with Crippen LogP contribution in [0.25, 0.3) is 0 Å². The average molecular weight is 290 g/mol. The Kier molecular flexibility index (Phi) is 7.27. The molecule has 4 nitrogen and oxygen atoms in total. The normalized spacial score (nSPS) is 15.8. The molecule has 1 rings (SSSR count). The third-order valence-electron chi connectivity index (χ3n) is 2.17. The summed E-state index contributed by atoms with van der Waals surface area (Å²) in [5, 5.41) is 0. The van der Waals surface area contributed by atoms with E-state index in [1.54, 1.807) is 37.4 Å². The van der Waals surface area contributed by atoms with E-state index in [0.29, 0.717) is 0 Å². The van der Waals surface area contributed by atoms with Crippen molar-refractivity contribution in [2.45, 2.75) is 26.7 Å². The highest BCUT2D eigenvalue weighted by atomic mass is 32.2. The zero-order chi connectivity index (χ0) is 13.4. The summed E-state index contributed by atoms with van der Waals surface area (Å²) in [4.78, 5) is 23.7. The summed E-state index contributed by atoms with van der Waals surface area (Å²) in [6.45, 7) is 3.95. The summed E-state index contributed by atoms with van der Waals surface area (Å²) in [7, 11) is 0. The van der Waals surface area contributed by atoms with Gasteiger partial charge in [0.05, 0.1) is 17.5 Å². The van der Waals surface area contributed by atoms with Crippen molar-refractivity contribution in [1.82, 2.24) is 0 Å². The number of carbonyl (C=O) groups excluding carboxylic acids is 2. The SMILES string of the molecule is CCOC(=O)C(C(=O)OCC)=C1SCCCCS1. The van der Waals surface area contributed by atoms with E-state index in [1.807, 2.05) is 0 Å². The van der Waals surface area contributed by atoms with Crippen molar-refractivity contribution in [3.8, 4) is 0 Å². The fourth-order valence-corrected chi connectivity index (χ4v) is 3.90. The maximum Gasteiger partial charge on any atom is 0.347 e. The molecule has 0 atom stereocenters. The molecule has 0 aromatic heterocycles. The van der Waals surface area contributed by atoms with Gasteiger partial charge in [0.15, 0.2) is 5.57 Å². The summed E-state index contributed by atoms with van der Waals surface area (Å²) >= 11 is 3.08. The van der Waals surface area contributed by atoms with Crippen LogP contribution in [0.3, 0.4) is 0 Å². The number of hydrogen-bond acceptors (Lipinski definition) is 6. The van der Waals surface area contributed by atoms with Crippen molar-refractivity contribution in [1.29, 1.82) is 0 Å². The molecule has 0 aromatic rings. The molecule has 0 spiro atoms. The Hall–Kier alpha value is -0.620. The lowest BCUT2D eigenvalue weighted by molar-refractivity contribution is -0.146. The molecule has 1 heterocycles. The molecule has 18 heavy (non-hydrogen) atoms. The van der Waals surface area contributed by atoms with E-state index in [0.717, 1.165) is 28.6 Å². The Labute approximate surface area is 116 Å². The van der Waals surface area contributed by atoms with Gasteiger partial charge in [0.1, 0.15) is 0 Å². The van der Waals surface area contributed by atoms with Crippen molar-refractivity contribution in [3.05, 3.63) is 9.81 Å². The predicted molar refractivity (Wildman–Crippen MR) is 74.4 cm³/mol. The van der Waals surface area contributed by atoms with E-state index in [1.165, 1.54) is 0 Å². The van der Waals surface area contributed by atoms with E-state index in [9.17, 15) is 9.59 Å². The molecule has 0 aromatic carbocycles. The van der Waals surface area contributed by atoms with Gasteiger partial charge in [-0.1, -0.05) is 0 Å². The van der Waals surface area contributed by atoms with Crippen LogP contribution in [0.5, 0.6) is 0 Å². The highest BCUT2D eigenvalue weighted by molar-refractivity contribution is 8.22. The summed E-state index contributed by atoms with van der Waals surface area (Å²) in [6.07, 6.45) is 2.19. The third kappa shape index (κ3) is 4.57. The van der Waals surface area contributed by atoms with Crippen LogP contribution in [0.15, 0.2) is 9.81 Å². The number of ether oxygens (including phenoxy) is 2. The zero-order valence-electron chi connectivity index (χ0n) is 10.7. The van der Waals surface area contributed by atoms with Crippen LogP contribution >= 0.6 is 23.5 Å². The quantitative estimate of drug-likeness (QED) is 0.343. The topological polar surface area (TPSA) is 52.6 Å². The van der Waals surface area contributed by atoms with Crippen LogP contribution in [0.2, 0.25) is 0 Å². The van der Waals surface area contributed by atoms with Crippen LogP contribution < -0.4 is 0 Å². The van der Waals surface area contributed by atoms with Crippen LogP contribution in [0.1, 0.15) is 26.7 Å². The minimum atomic E-state index is -0.576. The van der Waals surface area contributed by atoms with E-state index >= 15 is 0 Å². The van der Waals surface area contributed by atoms with E-state index in [-0.39, 0.29) is 18.8 Å². The lowest BCUT2D eigenvalue weighted by atomic mass is 10.3. The molecule has 1 fully saturated rings. The maximum absolute atomic E-state index is 11.9. The first-order chi connectivity index (χ1) is 8.70. The van der Waals surface area contributed by atoms with Crippen molar-refractivity contribution in [2.24, 2.45) is 0 Å². The minimum absolute atomic E-state index is 0.0654. The molecule has 1 aliphatic heterocycles. The molecule has 6 heteroatoms. The second-order valence-electron chi connectivity index (χ2n) is 3.51. The molecule has 1 saturated heterocycles. The van der Waals surface area contributed by atoms with E-state index < -0.39 is 11.9 Å². The standard InChI is InChI=1S/C12H18O4S2/c1-3-15-10(13)9(11(14)16-4-2)12-17-7-5-6-8-18-12/h3-8H2,1-2H3. The number of esters is 2. The first-order valence-electron chi connectivity index (χ1n) is 6.04. The zero-order valence-corrected chi connectivity index (χ0v) is 12.3. The van der Waals surface area contributed by atoms with Crippen LogP contribution in [0.4, 0.5) is 0 Å². The number of carbonyl (C=O) groups is 2. The Balaban J connectivity index is 2.96. The van der Waals surface area contributed by atoms with Crippen LogP contribution in [-0.4, -0.2) is 36.7 Å². The summed E-state index contributed by atoms with van der Waals surface area (Å²) < 4.78 is 10.6. The molecule has 0 N–H and O–H groups in total. The van der Waals surface area contributed by atoms with Crippen LogP contribution in [-0.2, 0) is 19.1 Å². The van der Waals surface area contributed by atoms with Gasteiger partial charge >= 0.3 is 11.9 Å². The first kappa shape index (κ1) is 15.4. The molecule has 0 amide bonds. The van der Waals surface area contributed by atoms with Gasteiger partial charge < -0.3 is 9.47 Å². The maximum atomic E-state index is 11.9. The highest BCUT2D eigenvalue weighted by Gasteiger charge is 2.27. The fraction of sp³-hybridized carbons (Fsp3) is 0.667. The summed E-state index contributed by atoms with van der Waals surface area (Å²) in [5.74, 6) is 0.690. The lowest BCUT2D eigenvalue weighted by Crippen LogP contribution is -2.19. The molecular formula is C12H18O4S2. The molecule has 0 aliphatic carbocycles.